The summed E-state index contributed by atoms with van der Waals surface area (Å²) < 4.78 is 15.7. The Labute approximate surface area is 429 Å². The summed E-state index contributed by atoms with van der Waals surface area (Å²) >= 11 is 3.46. The molecular formula is C56H64BrN11O4. The Morgan fingerprint density at radius 2 is 1.01 bits per heavy atom. The largest absolute Gasteiger partial charge is 0.444 e. The Kier molecular flexibility index (Phi) is 13.8. The molecule has 0 bridgehead atoms. The number of piperazine rings is 2. The minimum absolute atomic E-state index is 0.158. The van der Waals surface area contributed by atoms with E-state index in [2.05, 4.69) is 134 Å². The van der Waals surface area contributed by atoms with Crippen LogP contribution in [-0.4, -0.2) is 118 Å². The highest BCUT2D eigenvalue weighted by molar-refractivity contribution is 9.10. The third-order valence-corrected chi connectivity index (χ3v) is 13.5. The minimum atomic E-state index is -0.501. The molecule has 0 N–H and O–H groups in total. The summed E-state index contributed by atoms with van der Waals surface area (Å²) in [5, 5.41) is 10.1. The number of amides is 2. The number of hydrogen-bond donors (Lipinski definition) is 0. The Hall–Kier alpha value is -7.07. The van der Waals surface area contributed by atoms with Gasteiger partial charge in [-0.15, -0.1) is 0 Å². The van der Waals surface area contributed by atoms with Crippen molar-refractivity contribution in [1.29, 1.82) is 0 Å². The van der Waals surface area contributed by atoms with Gasteiger partial charge in [-0.25, -0.2) is 28.6 Å². The maximum absolute atomic E-state index is 12.7. The molecule has 3 aromatic carbocycles. The van der Waals surface area contributed by atoms with Gasteiger partial charge in [0.05, 0.1) is 22.4 Å². The van der Waals surface area contributed by atoms with Gasteiger partial charge in [-0.2, -0.15) is 10.2 Å². The van der Waals surface area contributed by atoms with Gasteiger partial charge in [0.15, 0.2) is 11.3 Å². The Morgan fingerprint density at radius 1 is 0.569 bits per heavy atom. The Balaban J connectivity index is 0.000000185. The molecule has 4 atom stereocenters. The summed E-state index contributed by atoms with van der Waals surface area (Å²) in [6.07, 6.45) is 10.9. The number of halogens is 1. The SMILES string of the molecule is C[C@@H]1CN(C(=O)OC(C)(C)C)C[C@H](C)N1c1ccc(-c2cnc3c(Br)cnn3c2)cc1.Cc1cc(-c2cnn3cc(-c4ccc(N5[C@H](C)CN(C(=O)OC(C)(C)C)C[C@@H]5C)cc4)cnc23)c2ccccc2n1. The van der Waals surface area contributed by atoms with Crippen molar-refractivity contribution in [2.24, 2.45) is 0 Å². The lowest BCUT2D eigenvalue weighted by Gasteiger charge is -2.45. The highest BCUT2D eigenvalue weighted by atomic mass is 79.9. The van der Waals surface area contributed by atoms with Crippen molar-refractivity contribution in [1.82, 2.24) is 44.0 Å². The Morgan fingerprint density at radius 3 is 1.50 bits per heavy atom. The smallest absolute Gasteiger partial charge is 0.410 e. The van der Waals surface area contributed by atoms with Crippen molar-refractivity contribution in [2.45, 2.75) is 112 Å². The van der Waals surface area contributed by atoms with Crippen molar-refractivity contribution in [3.05, 3.63) is 126 Å². The first-order valence-electron chi connectivity index (χ1n) is 24.6. The highest BCUT2D eigenvalue weighted by Crippen LogP contribution is 2.34. The van der Waals surface area contributed by atoms with Crippen molar-refractivity contribution in [3.63, 3.8) is 0 Å². The van der Waals surface area contributed by atoms with Gasteiger partial charge in [0, 0.05) is 114 Å². The normalized spacial score (nSPS) is 18.6. The number of aromatic nitrogens is 7. The number of anilines is 2. The zero-order chi connectivity index (χ0) is 51.2. The number of pyridine rings is 1. The number of aryl methyl sites for hydroxylation is 1. The van der Waals surface area contributed by atoms with Crippen molar-refractivity contribution >= 4 is 61.7 Å². The first-order chi connectivity index (χ1) is 34.2. The third kappa shape index (κ3) is 10.7. The number of rotatable bonds is 5. The first kappa shape index (κ1) is 49.9. The fourth-order valence-electron chi connectivity index (χ4n) is 10.0. The number of hydrogen-bond acceptors (Lipinski definition) is 11. The molecule has 0 radical (unpaired) electrons. The number of fused-ring (bicyclic) bond motifs is 3. The molecule has 72 heavy (non-hydrogen) atoms. The summed E-state index contributed by atoms with van der Waals surface area (Å²) in [5.41, 5.74) is 11.0. The fourth-order valence-corrected chi connectivity index (χ4v) is 10.4. The molecule has 8 aromatic rings. The number of ether oxygens (including phenoxy) is 2. The zero-order valence-corrected chi connectivity index (χ0v) is 44.6. The van der Waals surface area contributed by atoms with Crippen LogP contribution in [0.2, 0.25) is 0 Å². The van der Waals surface area contributed by atoms with Gasteiger partial charge >= 0.3 is 12.2 Å². The van der Waals surface area contributed by atoms with Crippen LogP contribution in [0.15, 0.2) is 121 Å². The van der Waals surface area contributed by atoms with Gasteiger partial charge < -0.3 is 29.1 Å². The van der Waals surface area contributed by atoms with Crippen LogP contribution in [0.5, 0.6) is 0 Å². The number of para-hydroxylation sites is 1. The molecule has 2 amide bonds. The average Bonchev–Trinajstić information content (AvgIpc) is 3.92. The van der Waals surface area contributed by atoms with Gasteiger partial charge in [-0.3, -0.25) is 4.98 Å². The summed E-state index contributed by atoms with van der Waals surface area (Å²) in [5.74, 6) is 0. The molecule has 2 aliphatic rings. The average molecular weight is 1040 g/mol. The summed E-state index contributed by atoms with van der Waals surface area (Å²) in [6, 6.07) is 28.0. The van der Waals surface area contributed by atoms with Crippen molar-refractivity contribution in [3.8, 4) is 33.4 Å². The predicted molar refractivity (Wildman–Crippen MR) is 288 cm³/mol. The van der Waals surface area contributed by atoms with Crippen LogP contribution in [0.3, 0.4) is 0 Å². The predicted octanol–water partition coefficient (Wildman–Crippen LogP) is 11.7. The second-order valence-electron chi connectivity index (χ2n) is 21.2. The van der Waals surface area contributed by atoms with Gasteiger partial charge in [-0.1, -0.05) is 42.5 Å². The lowest BCUT2D eigenvalue weighted by atomic mass is 10.0. The van der Waals surface area contributed by atoms with Crippen molar-refractivity contribution < 1.29 is 19.1 Å². The monoisotopic (exact) mass is 1030 g/mol. The summed E-state index contributed by atoms with van der Waals surface area (Å²) in [7, 11) is 0. The van der Waals surface area contributed by atoms with Gasteiger partial charge in [0.2, 0.25) is 0 Å². The quantitative estimate of drug-likeness (QED) is 0.163. The molecule has 2 saturated heterocycles. The second kappa shape index (κ2) is 19.9. The molecule has 2 fully saturated rings. The lowest BCUT2D eigenvalue weighted by molar-refractivity contribution is 0.0184. The Bertz CT molecular complexity index is 3230. The van der Waals surface area contributed by atoms with Crippen LogP contribution >= 0.6 is 15.9 Å². The van der Waals surface area contributed by atoms with Crippen LogP contribution in [0, 0.1) is 6.92 Å². The molecule has 0 unspecified atom stereocenters. The van der Waals surface area contributed by atoms with E-state index in [-0.39, 0.29) is 36.4 Å². The standard InChI is InChI=1S/C33H36N6O2.C23H28BrN5O2/c1-21-15-28(27-9-7-8-10-30(27)36-21)29-17-35-38-20-25(16-34-31(29)38)24-11-13-26(14-12-24)39-22(2)18-37(19-23(39)3)32(40)41-33(4,5)6;1-15-12-27(22(30)31-23(3,4)5)13-16(2)29(15)19-8-6-17(7-9-19)18-10-25-21-20(24)11-26-28(21)14-18/h7-17,20,22-23H,18-19H2,1-6H3;6-11,14-16H,12-13H2,1-5H3/t22-,23+;15-,16+. The van der Waals surface area contributed by atoms with E-state index in [1.54, 1.807) is 10.7 Å². The van der Waals surface area contributed by atoms with Crippen LogP contribution in [0.25, 0.3) is 55.6 Å². The highest BCUT2D eigenvalue weighted by Gasteiger charge is 2.36. The number of carbonyl (C=O) groups excluding carboxylic acids is 2. The van der Waals surface area contributed by atoms with E-state index in [1.165, 1.54) is 0 Å². The molecule has 10 rings (SSSR count). The maximum Gasteiger partial charge on any atom is 0.410 e. The van der Waals surface area contributed by atoms with E-state index in [9.17, 15) is 9.59 Å². The van der Waals surface area contributed by atoms with Gasteiger partial charge in [0.25, 0.3) is 0 Å². The van der Waals surface area contributed by atoms with Crippen LogP contribution in [-0.2, 0) is 9.47 Å². The summed E-state index contributed by atoms with van der Waals surface area (Å²) in [6.45, 7) is 24.5. The molecule has 0 spiro atoms. The molecule has 0 aliphatic carbocycles. The number of nitrogens with zero attached hydrogens (tertiary/aromatic N) is 11. The van der Waals surface area contributed by atoms with Gasteiger partial charge in [0.1, 0.15) is 11.2 Å². The summed E-state index contributed by atoms with van der Waals surface area (Å²) in [4.78, 5) is 47.6. The van der Waals surface area contributed by atoms with Gasteiger partial charge in [-0.05, 0) is 145 Å². The van der Waals surface area contributed by atoms with Crippen LogP contribution in [0.4, 0.5) is 21.0 Å². The van der Waals surface area contributed by atoms with Crippen molar-refractivity contribution in [2.75, 3.05) is 36.0 Å². The van der Waals surface area contributed by atoms with Crippen LogP contribution in [0.1, 0.15) is 74.9 Å². The van der Waals surface area contributed by atoms with E-state index in [1.807, 2.05) is 112 Å². The minimum Gasteiger partial charge on any atom is -0.444 e. The lowest BCUT2D eigenvalue weighted by Crippen LogP contribution is -2.58. The molecule has 374 valence electrons. The number of benzene rings is 3. The number of carbonyl (C=O) groups is 2. The molecule has 16 heteroatoms. The topological polar surface area (TPSA) is 139 Å². The van der Waals surface area contributed by atoms with E-state index < -0.39 is 11.2 Å². The molecule has 15 nitrogen and oxygen atoms in total. The third-order valence-electron chi connectivity index (χ3n) is 12.9. The first-order valence-corrected chi connectivity index (χ1v) is 25.4. The van der Waals surface area contributed by atoms with E-state index in [0.29, 0.717) is 26.2 Å². The van der Waals surface area contributed by atoms with Crippen LogP contribution < -0.4 is 9.80 Å². The fraction of sp³-hybridized carbons (Fsp3) is 0.375. The van der Waals surface area contributed by atoms with E-state index in [0.717, 1.165) is 77.1 Å². The molecule has 2 aliphatic heterocycles. The molecule has 0 saturated carbocycles. The van der Waals surface area contributed by atoms with E-state index >= 15 is 0 Å². The molecular weight excluding hydrogens is 971 g/mol. The molecule has 7 heterocycles. The maximum atomic E-state index is 12.7. The second-order valence-corrected chi connectivity index (χ2v) is 22.0. The molecule has 5 aromatic heterocycles. The van der Waals surface area contributed by atoms with E-state index in [4.69, 9.17) is 14.5 Å². The zero-order valence-electron chi connectivity index (χ0n) is 43.0.